The van der Waals surface area contributed by atoms with E-state index in [2.05, 4.69) is 6.15 Å². The molecule has 13 heteroatoms. The van der Waals surface area contributed by atoms with Crippen LogP contribution in [0.15, 0.2) is 0 Å². The molecule has 27 heavy (non-hydrogen) atoms. The Kier molecular flexibility index (Phi) is 9.42. The third-order valence-corrected chi connectivity index (χ3v) is 7.46. The zero-order valence-corrected chi connectivity index (χ0v) is 18.9. The van der Waals surface area contributed by atoms with Gasteiger partial charge in [0.05, 0.1) is 0 Å². The monoisotopic (exact) mass is 532 g/mol. The molecular weight excluding hydrogens is 518 g/mol. The predicted octanol–water partition coefficient (Wildman–Crippen LogP) is -0.287. The first-order chi connectivity index (χ1) is 12.1. The van der Waals surface area contributed by atoms with Crippen LogP contribution in [0.1, 0.15) is 27.7 Å². The quantitative estimate of drug-likeness (QED) is 0.208. The SMILES string of the molecule is CC(=O)C(C(C)=O)C(=O)C(=O)[O][Sn]([Cl])([Cl])[O]C(=O)C(=O)C(C(C)=O)C(C)=O. The van der Waals surface area contributed by atoms with Crippen molar-refractivity contribution in [3.05, 3.63) is 0 Å². The van der Waals surface area contributed by atoms with Gasteiger partial charge < -0.3 is 0 Å². The molecular formula is C14H14Cl2O10Sn. The first-order valence-corrected chi connectivity index (χ1v) is 16.6. The van der Waals surface area contributed by atoms with Crippen molar-refractivity contribution in [3.63, 3.8) is 0 Å². The summed E-state index contributed by atoms with van der Waals surface area (Å²) in [5, 5.41) is 0. The number of hydrogen-bond acceptors (Lipinski definition) is 10. The van der Waals surface area contributed by atoms with E-state index in [-0.39, 0.29) is 0 Å². The fourth-order valence-corrected chi connectivity index (χ4v) is 5.69. The summed E-state index contributed by atoms with van der Waals surface area (Å²) in [6.45, 7) is 3.55. The second kappa shape index (κ2) is 10.0. The van der Waals surface area contributed by atoms with Crippen LogP contribution in [0.5, 0.6) is 0 Å². The van der Waals surface area contributed by atoms with E-state index < -0.39 is 75.4 Å². The van der Waals surface area contributed by atoms with Gasteiger partial charge in [-0.2, -0.15) is 0 Å². The molecule has 0 saturated carbocycles. The van der Waals surface area contributed by atoms with Crippen molar-refractivity contribution in [2.24, 2.45) is 11.8 Å². The van der Waals surface area contributed by atoms with Crippen LogP contribution in [0.2, 0.25) is 0 Å². The molecule has 0 spiro atoms. The van der Waals surface area contributed by atoms with Crippen LogP contribution in [0.3, 0.4) is 0 Å². The van der Waals surface area contributed by atoms with Gasteiger partial charge in [0, 0.05) is 0 Å². The van der Waals surface area contributed by atoms with E-state index in [0.29, 0.717) is 0 Å². The fourth-order valence-electron chi connectivity index (χ4n) is 1.88. The minimum absolute atomic E-state index is 0.886. The number of halogens is 2. The summed E-state index contributed by atoms with van der Waals surface area (Å²) >= 11 is -5.65. The van der Waals surface area contributed by atoms with Crippen LogP contribution in [0.4, 0.5) is 0 Å². The molecule has 0 atom stereocenters. The van der Waals surface area contributed by atoms with Crippen LogP contribution < -0.4 is 0 Å². The van der Waals surface area contributed by atoms with Crippen molar-refractivity contribution < 1.29 is 44.5 Å². The summed E-state index contributed by atoms with van der Waals surface area (Å²) < 4.78 is 8.77. The Hall–Kier alpha value is -1.66. The zero-order valence-electron chi connectivity index (χ0n) is 14.5. The summed E-state index contributed by atoms with van der Waals surface area (Å²) in [4.78, 5) is 92.2. The number of Topliss-reactive ketones (excluding diaryl/α,β-unsaturated/α-hetero) is 6. The molecule has 0 aliphatic carbocycles. The van der Waals surface area contributed by atoms with Crippen LogP contribution >= 0.6 is 17.8 Å². The number of carbonyl (C=O) groups excluding carboxylic acids is 8. The van der Waals surface area contributed by atoms with E-state index >= 15 is 0 Å². The summed E-state index contributed by atoms with van der Waals surface area (Å²) in [6.07, 6.45) is 0. The maximum absolute atomic E-state index is 11.8. The molecule has 148 valence electrons. The molecule has 0 unspecified atom stereocenters. The summed E-state index contributed by atoms with van der Waals surface area (Å²) in [5.74, 6) is -14.4. The number of ketones is 6. The van der Waals surface area contributed by atoms with E-state index in [1.807, 2.05) is 0 Å². The molecule has 0 radical (unpaired) electrons. The molecule has 0 rings (SSSR count). The molecule has 0 aromatic heterocycles. The molecule has 0 aliphatic rings. The Morgan fingerprint density at radius 1 is 0.593 bits per heavy atom. The fraction of sp³-hybridized carbons (Fsp3) is 0.429. The Morgan fingerprint density at radius 3 is 1.00 bits per heavy atom. The summed E-state index contributed by atoms with van der Waals surface area (Å²) in [7, 11) is 11.2. The van der Waals surface area contributed by atoms with Crippen LogP contribution in [0.25, 0.3) is 0 Å². The second-order valence-corrected chi connectivity index (χ2v) is 17.1. The third-order valence-electron chi connectivity index (χ3n) is 2.98. The van der Waals surface area contributed by atoms with Crippen LogP contribution in [-0.2, 0) is 44.5 Å². The van der Waals surface area contributed by atoms with Crippen LogP contribution in [-0.4, -0.2) is 63.6 Å². The van der Waals surface area contributed by atoms with Crippen LogP contribution in [0, 0.1) is 11.8 Å². The summed E-state index contributed by atoms with van der Waals surface area (Å²) in [6, 6.07) is 0. The molecule has 0 aromatic carbocycles. The van der Waals surface area contributed by atoms with Crippen molar-refractivity contribution in [1.82, 2.24) is 0 Å². The molecule has 0 aliphatic heterocycles. The molecule has 0 fully saturated rings. The normalized spacial score (nSPS) is 11.0. The van der Waals surface area contributed by atoms with E-state index in [9.17, 15) is 38.4 Å². The van der Waals surface area contributed by atoms with E-state index in [4.69, 9.17) is 17.8 Å². The van der Waals surface area contributed by atoms with Gasteiger partial charge in [-0.25, -0.2) is 0 Å². The van der Waals surface area contributed by atoms with E-state index in [1.165, 1.54) is 0 Å². The standard InChI is InChI=1S/2C7H8O5.2ClH.Sn/c2*1-3(8)5(4(2)9)6(10)7(11)12;;;/h2*5H,1-2H3,(H,11,12);2*1H;/q;;;;+4/p-4. The van der Waals surface area contributed by atoms with Crippen molar-refractivity contribution in [3.8, 4) is 0 Å². The maximum atomic E-state index is 11.8. The van der Waals surface area contributed by atoms with E-state index in [0.717, 1.165) is 27.7 Å². The molecule has 0 amide bonds. The van der Waals surface area contributed by atoms with Crippen molar-refractivity contribution in [2.45, 2.75) is 27.7 Å². The van der Waals surface area contributed by atoms with Gasteiger partial charge >= 0.3 is 165 Å². The van der Waals surface area contributed by atoms with Crippen molar-refractivity contribution >= 4 is 81.4 Å². The van der Waals surface area contributed by atoms with Gasteiger partial charge in [0.1, 0.15) is 0 Å². The Balaban J connectivity index is 5.28. The first kappa shape index (κ1) is 25.3. The Bertz CT molecular complexity index is 654. The van der Waals surface area contributed by atoms with Gasteiger partial charge in [0.15, 0.2) is 0 Å². The van der Waals surface area contributed by atoms with Gasteiger partial charge in [-0.1, -0.05) is 0 Å². The third kappa shape index (κ3) is 7.46. The number of hydrogen-bond donors (Lipinski definition) is 0. The summed E-state index contributed by atoms with van der Waals surface area (Å²) in [5.41, 5.74) is 0. The molecule has 0 bridgehead atoms. The first-order valence-electron chi connectivity index (χ1n) is 7.06. The molecule has 0 heterocycles. The number of carbonyl (C=O) groups is 8. The molecule has 0 saturated heterocycles. The Labute approximate surface area is 165 Å². The zero-order chi connectivity index (χ0) is 21.7. The van der Waals surface area contributed by atoms with Crippen molar-refractivity contribution in [2.75, 3.05) is 0 Å². The minimum atomic E-state index is -5.65. The van der Waals surface area contributed by atoms with Gasteiger partial charge in [-0.05, 0) is 0 Å². The average Bonchev–Trinajstić information content (AvgIpc) is 2.44. The van der Waals surface area contributed by atoms with Crippen molar-refractivity contribution in [1.29, 1.82) is 0 Å². The topological polar surface area (TPSA) is 155 Å². The van der Waals surface area contributed by atoms with Gasteiger partial charge in [-0.3, -0.25) is 0 Å². The van der Waals surface area contributed by atoms with Gasteiger partial charge in [0.2, 0.25) is 0 Å². The van der Waals surface area contributed by atoms with Gasteiger partial charge in [0.25, 0.3) is 0 Å². The van der Waals surface area contributed by atoms with Gasteiger partial charge in [-0.15, -0.1) is 0 Å². The Morgan fingerprint density at radius 2 is 0.815 bits per heavy atom. The average molecular weight is 532 g/mol. The predicted molar refractivity (Wildman–Crippen MR) is 89.4 cm³/mol. The molecule has 10 nitrogen and oxygen atoms in total. The molecule has 0 N–H and O–H groups in total. The van der Waals surface area contributed by atoms with E-state index in [1.54, 1.807) is 0 Å². The molecule has 0 aromatic rings. The second-order valence-electron chi connectivity index (χ2n) is 5.28. The number of rotatable bonds is 10.